The monoisotopic (exact) mass is 219 g/mol. The van der Waals surface area contributed by atoms with E-state index in [0.717, 1.165) is 5.56 Å². The Labute approximate surface area is 89.9 Å². The zero-order valence-corrected chi connectivity index (χ0v) is 9.67. The number of nitrogens with one attached hydrogen (secondary N) is 1. The predicted octanol–water partition coefficient (Wildman–Crippen LogP) is 1.51. The fourth-order valence-corrected chi connectivity index (χ4v) is 1.10. The van der Waals surface area contributed by atoms with E-state index in [-0.39, 0.29) is 6.61 Å². The first kappa shape index (κ1) is 13.4. The molecule has 2 N–H and O–H groups in total. The van der Waals surface area contributed by atoms with Crippen LogP contribution in [0, 0.1) is 0 Å². The lowest BCUT2D eigenvalue weighted by Crippen LogP contribution is -2.21. The molecule has 0 bridgehead atoms. The Morgan fingerprint density at radius 1 is 1.57 bits per heavy atom. The maximum Gasteiger partial charge on any atom is 0.128 e. The molecule has 0 saturated heterocycles. The Morgan fingerprint density at radius 3 is 2.64 bits per heavy atom. The predicted molar refractivity (Wildman–Crippen MR) is 58.4 cm³/mol. The van der Waals surface area contributed by atoms with Gasteiger partial charge in [0, 0.05) is 18.7 Å². The first-order valence-electron chi connectivity index (χ1n) is 4.71. The van der Waals surface area contributed by atoms with Crippen molar-refractivity contribution in [3.63, 3.8) is 0 Å². The molecular formula is C9H18ClN3O. The summed E-state index contributed by atoms with van der Waals surface area (Å²) >= 11 is 5.78. The number of aliphatic hydroxyl groups excluding tert-OH is 1. The van der Waals surface area contributed by atoms with Gasteiger partial charge in [0.15, 0.2) is 0 Å². The van der Waals surface area contributed by atoms with Crippen LogP contribution >= 0.6 is 11.6 Å². The second-order valence-corrected chi connectivity index (χ2v) is 3.05. The van der Waals surface area contributed by atoms with Gasteiger partial charge in [-0.05, 0) is 7.05 Å². The van der Waals surface area contributed by atoms with Crippen molar-refractivity contribution in [3.05, 3.63) is 16.9 Å². The zero-order valence-electron chi connectivity index (χ0n) is 8.92. The molecule has 0 aromatic carbocycles. The van der Waals surface area contributed by atoms with Gasteiger partial charge in [-0.1, -0.05) is 25.4 Å². The van der Waals surface area contributed by atoms with Crippen molar-refractivity contribution in [2.75, 3.05) is 20.2 Å². The number of aromatic nitrogens is 2. The van der Waals surface area contributed by atoms with Gasteiger partial charge in [0.05, 0.1) is 12.8 Å². The molecule has 1 aromatic rings. The molecule has 0 saturated carbocycles. The molecule has 0 aliphatic rings. The van der Waals surface area contributed by atoms with E-state index in [4.69, 9.17) is 16.7 Å². The van der Waals surface area contributed by atoms with E-state index in [0.29, 0.717) is 18.2 Å². The third-order valence-corrected chi connectivity index (χ3v) is 1.91. The Hall–Kier alpha value is -0.580. The molecule has 1 aromatic heterocycles. The summed E-state index contributed by atoms with van der Waals surface area (Å²) in [5.41, 5.74) is 0.951. The van der Waals surface area contributed by atoms with Gasteiger partial charge in [-0.2, -0.15) is 5.10 Å². The number of aliphatic hydroxyl groups is 1. The van der Waals surface area contributed by atoms with Gasteiger partial charge in [0.1, 0.15) is 5.15 Å². The van der Waals surface area contributed by atoms with Crippen molar-refractivity contribution in [1.82, 2.24) is 15.1 Å². The maximum atomic E-state index is 8.64. The fourth-order valence-electron chi connectivity index (χ4n) is 0.946. The molecule has 4 nitrogen and oxygen atoms in total. The van der Waals surface area contributed by atoms with Crippen LogP contribution in [0.5, 0.6) is 0 Å². The van der Waals surface area contributed by atoms with Crippen molar-refractivity contribution in [2.45, 2.75) is 20.4 Å². The molecule has 5 heteroatoms. The quantitative estimate of drug-likeness (QED) is 0.807. The van der Waals surface area contributed by atoms with Crippen LogP contribution in [-0.4, -0.2) is 40.4 Å². The third kappa shape index (κ3) is 4.60. The lowest BCUT2D eigenvalue weighted by atomic mass is 10.3. The van der Waals surface area contributed by atoms with Gasteiger partial charge in [-0.3, -0.25) is 10.00 Å². The first-order valence-corrected chi connectivity index (χ1v) is 5.09. The van der Waals surface area contributed by atoms with Gasteiger partial charge >= 0.3 is 0 Å². The Balaban J connectivity index is 0.000000791. The summed E-state index contributed by atoms with van der Waals surface area (Å²) in [5, 5.41) is 15.6. The van der Waals surface area contributed by atoms with E-state index in [1.165, 1.54) is 0 Å². The van der Waals surface area contributed by atoms with Crippen molar-refractivity contribution in [1.29, 1.82) is 0 Å². The number of aromatic amines is 1. The molecule has 0 aliphatic carbocycles. The Morgan fingerprint density at radius 2 is 2.21 bits per heavy atom. The molecule has 0 aliphatic heterocycles. The highest BCUT2D eigenvalue weighted by atomic mass is 35.5. The van der Waals surface area contributed by atoms with E-state index >= 15 is 0 Å². The second-order valence-electron chi connectivity index (χ2n) is 2.67. The summed E-state index contributed by atoms with van der Waals surface area (Å²) in [4.78, 5) is 1.97. The molecule has 0 unspecified atom stereocenters. The smallest absolute Gasteiger partial charge is 0.128 e. The van der Waals surface area contributed by atoms with Gasteiger partial charge < -0.3 is 5.11 Å². The molecule has 14 heavy (non-hydrogen) atoms. The molecule has 0 amide bonds. The summed E-state index contributed by atoms with van der Waals surface area (Å²) in [5.74, 6) is 0. The molecule has 0 atom stereocenters. The standard InChI is InChI=1S/C7H12ClN3O.C2H6/c1-11(2-3-12)5-6-4-9-10-7(6)8;1-2/h4,12H,2-3,5H2,1H3,(H,9,10);1-2H3. The number of H-pyrrole nitrogens is 1. The number of likely N-dealkylation sites (N-methyl/N-ethyl adjacent to an activating group) is 1. The molecular weight excluding hydrogens is 202 g/mol. The summed E-state index contributed by atoms with van der Waals surface area (Å²) in [6, 6.07) is 0. The van der Waals surface area contributed by atoms with Gasteiger partial charge in [0.2, 0.25) is 0 Å². The average molecular weight is 220 g/mol. The van der Waals surface area contributed by atoms with Gasteiger partial charge in [-0.15, -0.1) is 0 Å². The maximum absolute atomic E-state index is 8.64. The summed E-state index contributed by atoms with van der Waals surface area (Å²) < 4.78 is 0. The van der Waals surface area contributed by atoms with E-state index < -0.39 is 0 Å². The summed E-state index contributed by atoms with van der Waals surface area (Å²) in [6.45, 7) is 5.50. The number of nitrogens with zero attached hydrogens (tertiary/aromatic N) is 2. The van der Waals surface area contributed by atoms with Gasteiger partial charge in [0.25, 0.3) is 0 Å². The minimum Gasteiger partial charge on any atom is -0.395 e. The van der Waals surface area contributed by atoms with Crippen LogP contribution in [0.25, 0.3) is 0 Å². The number of hydrogen-bond donors (Lipinski definition) is 2. The van der Waals surface area contributed by atoms with Crippen LogP contribution in [0.2, 0.25) is 5.15 Å². The topological polar surface area (TPSA) is 52.1 Å². The molecule has 1 heterocycles. The second kappa shape index (κ2) is 7.79. The highest BCUT2D eigenvalue weighted by Crippen LogP contribution is 2.12. The molecule has 0 spiro atoms. The van der Waals surface area contributed by atoms with Crippen molar-refractivity contribution >= 4 is 11.6 Å². The van der Waals surface area contributed by atoms with Crippen LogP contribution < -0.4 is 0 Å². The Bertz CT molecular complexity index is 240. The molecule has 1 rings (SSSR count). The normalized spacial score (nSPS) is 9.86. The van der Waals surface area contributed by atoms with Crippen molar-refractivity contribution in [3.8, 4) is 0 Å². The fraction of sp³-hybridized carbons (Fsp3) is 0.667. The van der Waals surface area contributed by atoms with Gasteiger partial charge in [-0.25, -0.2) is 0 Å². The van der Waals surface area contributed by atoms with Crippen molar-refractivity contribution in [2.24, 2.45) is 0 Å². The van der Waals surface area contributed by atoms with E-state index in [2.05, 4.69) is 10.2 Å². The van der Waals surface area contributed by atoms with E-state index in [9.17, 15) is 0 Å². The lowest BCUT2D eigenvalue weighted by molar-refractivity contribution is 0.217. The van der Waals surface area contributed by atoms with E-state index in [1.807, 2.05) is 25.8 Å². The van der Waals surface area contributed by atoms with Crippen molar-refractivity contribution < 1.29 is 5.11 Å². The highest BCUT2D eigenvalue weighted by molar-refractivity contribution is 6.30. The minimum absolute atomic E-state index is 0.159. The van der Waals surface area contributed by atoms with Crippen LogP contribution in [0.15, 0.2) is 6.20 Å². The molecule has 0 fully saturated rings. The number of halogens is 1. The highest BCUT2D eigenvalue weighted by Gasteiger charge is 2.04. The number of hydrogen-bond acceptors (Lipinski definition) is 3. The molecule has 0 radical (unpaired) electrons. The lowest BCUT2D eigenvalue weighted by Gasteiger charge is -2.13. The third-order valence-electron chi connectivity index (χ3n) is 1.59. The summed E-state index contributed by atoms with van der Waals surface area (Å²) in [7, 11) is 1.92. The summed E-state index contributed by atoms with van der Waals surface area (Å²) in [6.07, 6.45) is 1.69. The van der Waals surface area contributed by atoms with Crippen LogP contribution in [0.1, 0.15) is 19.4 Å². The number of rotatable bonds is 4. The minimum atomic E-state index is 0.159. The van der Waals surface area contributed by atoms with Crippen LogP contribution in [-0.2, 0) is 6.54 Å². The van der Waals surface area contributed by atoms with Crippen LogP contribution in [0.3, 0.4) is 0 Å². The average Bonchev–Trinajstić information content (AvgIpc) is 2.56. The molecule has 82 valence electrons. The van der Waals surface area contributed by atoms with E-state index in [1.54, 1.807) is 6.20 Å². The first-order chi connectivity index (χ1) is 6.74. The zero-order chi connectivity index (χ0) is 11.0. The van der Waals surface area contributed by atoms with Crippen LogP contribution in [0.4, 0.5) is 0 Å². The SMILES string of the molecule is CC.CN(CCO)Cc1cn[nH]c1Cl. The largest absolute Gasteiger partial charge is 0.395 e. The Kier molecular flexibility index (Phi) is 7.47.